The van der Waals surface area contributed by atoms with Gasteiger partial charge in [0.2, 0.25) is 0 Å². The lowest BCUT2D eigenvalue weighted by Crippen LogP contribution is -2.43. The molecule has 0 aromatic heterocycles. The van der Waals surface area contributed by atoms with E-state index in [1.54, 1.807) is 32.0 Å². The number of imide groups is 1. The first-order chi connectivity index (χ1) is 15.7. The number of urea groups is 1. The molecule has 0 spiro atoms. The number of ether oxygens (including phenoxy) is 1. The number of hydrogen-bond acceptors (Lipinski definition) is 6. The fraction of sp³-hybridized carbons (Fsp3) is 0.261. The van der Waals surface area contributed by atoms with E-state index in [1.807, 2.05) is 23.5 Å². The second-order valence-electron chi connectivity index (χ2n) is 7.64. The maximum atomic E-state index is 13.0. The molecular weight excluding hydrogens is 446 g/mol. The second kappa shape index (κ2) is 10.3. The number of hydrogen-bond donors (Lipinski definition) is 2. The van der Waals surface area contributed by atoms with Crippen molar-refractivity contribution in [2.24, 2.45) is 0 Å². The van der Waals surface area contributed by atoms with Gasteiger partial charge in [-0.1, -0.05) is 30.3 Å². The lowest BCUT2D eigenvalue weighted by atomic mass is 10.2. The summed E-state index contributed by atoms with van der Waals surface area (Å²) in [5.74, 6) is -1.53. The van der Waals surface area contributed by atoms with E-state index in [0.29, 0.717) is 24.2 Å². The molecule has 0 bridgehead atoms. The number of carbonyl (C=O) groups excluding carboxylic acids is 3. The Bertz CT molecular complexity index is 1170. The SMILES string of the molecule is CC(C)NC(=O)NC(=O)COC(=O)/C=C/c1ccc(S(=O)(=O)N2CCc3ccccc32)cc1. The summed E-state index contributed by atoms with van der Waals surface area (Å²) >= 11 is 0. The van der Waals surface area contributed by atoms with Crippen molar-refractivity contribution in [3.8, 4) is 0 Å². The molecular formula is C23H25N3O6S. The zero-order chi connectivity index (χ0) is 24.0. The minimum absolute atomic E-state index is 0.143. The van der Waals surface area contributed by atoms with Crippen LogP contribution in [-0.2, 0) is 30.8 Å². The van der Waals surface area contributed by atoms with Crippen molar-refractivity contribution < 1.29 is 27.5 Å². The number of para-hydroxylation sites is 1. The van der Waals surface area contributed by atoms with E-state index in [1.165, 1.54) is 22.5 Å². The first kappa shape index (κ1) is 24.0. The average Bonchev–Trinajstić information content (AvgIpc) is 3.21. The molecule has 0 radical (unpaired) electrons. The zero-order valence-corrected chi connectivity index (χ0v) is 19.1. The van der Waals surface area contributed by atoms with Gasteiger partial charge in [0.05, 0.1) is 10.6 Å². The third kappa shape index (κ3) is 6.19. The highest BCUT2D eigenvalue weighted by Gasteiger charge is 2.30. The fourth-order valence-electron chi connectivity index (χ4n) is 3.25. The van der Waals surface area contributed by atoms with Gasteiger partial charge in [-0.3, -0.25) is 14.4 Å². The molecule has 3 amide bonds. The van der Waals surface area contributed by atoms with Gasteiger partial charge in [0.1, 0.15) is 0 Å². The minimum Gasteiger partial charge on any atom is -0.452 e. The number of fused-ring (bicyclic) bond motifs is 1. The van der Waals surface area contributed by atoms with Crippen molar-refractivity contribution in [1.82, 2.24) is 10.6 Å². The molecule has 0 atom stereocenters. The first-order valence-electron chi connectivity index (χ1n) is 10.3. The average molecular weight is 472 g/mol. The third-order valence-corrected chi connectivity index (χ3v) is 6.57. The quantitative estimate of drug-likeness (QED) is 0.472. The van der Waals surface area contributed by atoms with Gasteiger partial charge in [-0.2, -0.15) is 0 Å². The summed E-state index contributed by atoms with van der Waals surface area (Å²) in [6.07, 6.45) is 3.22. The number of amides is 3. The highest BCUT2D eigenvalue weighted by molar-refractivity contribution is 7.92. The molecule has 2 aromatic carbocycles. The number of rotatable bonds is 7. The zero-order valence-electron chi connectivity index (χ0n) is 18.3. The predicted octanol–water partition coefficient (Wildman–Crippen LogP) is 2.23. The van der Waals surface area contributed by atoms with Crippen LogP contribution in [-0.4, -0.2) is 45.5 Å². The molecule has 2 N–H and O–H groups in total. The Morgan fingerprint density at radius 2 is 1.79 bits per heavy atom. The first-order valence-corrected chi connectivity index (χ1v) is 11.8. The molecule has 1 aliphatic heterocycles. The summed E-state index contributed by atoms with van der Waals surface area (Å²) in [7, 11) is -3.70. The maximum Gasteiger partial charge on any atom is 0.331 e. The highest BCUT2D eigenvalue weighted by atomic mass is 32.2. The Balaban J connectivity index is 1.55. The van der Waals surface area contributed by atoms with E-state index in [0.717, 1.165) is 11.6 Å². The van der Waals surface area contributed by atoms with Crippen LogP contribution >= 0.6 is 0 Å². The highest BCUT2D eigenvalue weighted by Crippen LogP contribution is 2.32. The van der Waals surface area contributed by atoms with Crippen LogP contribution in [0.5, 0.6) is 0 Å². The van der Waals surface area contributed by atoms with Crippen LogP contribution in [0.2, 0.25) is 0 Å². The van der Waals surface area contributed by atoms with E-state index in [-0.39, 0.29) is 10.9 Å². The molecule has 10 heteroatoms. The lowest BCUT2D eigenvalue weighted by Gasteiger charge is -2.19. The van der Waals surface area contributed by atoms with E-state index in [4.69, 9.17) is 4.74 Å². The lowest BCUT2D eigenvalue weighted by molar-refractivity contribution is -0.143. The van der Waals surface area contributed by atoms with Gasteiger partial charge in [0.25, 0.3) is 15.9 Å². The summed E-state index contributed by atoms with van der Waals surface area (Å²) in [6.45, 7) is 3.26. The molecule has 1 aliphatic rings. The van der Waals surface area contributed by atoms with Gasteiger partial charge >= 0.3 is 12.0 Å². The van der Waals surface area contributed by atoms with Crippen LogP contribution in [0.25, 0.3) is 6.08 Å². The largest absolute Gasteiger partial charge is 0.452 e. The number of carbonyl (C=O) groups is 3. The van der Waals surface area contributed by atoms with Crippen LogP contribution in [0.3, 0.4) is 0 Å². The number of benzene rings is 2. The van der Waals surface area contributed by atoms with Gasteiger partial charge < -0.3 is 10.1 Å². The van der Waals surface area contributed by atoms with Crippen molar-refractivity contribution in [1.29, 1.82) is 0 Å². The molecule has 0 aliphatic carbocycles. The van der Waals surface area contributed by atoms with Gasteiger partial charge in [0.15, 0.2) is 6.61 Å². The number of nitrogens with one attached hydrogen (secondary N) is 2. The third-order valence-electron chi connectivity index (χ3n) is 4.74. The molecule has 0 unspecified atom stereocenters. The van der Waals surface area contributed by atoms with E-state index in [9.17, 15) is 22.8 Å². The van der Waals surface area contributed by atoms with Gasteiger partial charge in [0, 0.05) is 18.7 Å². The standard InChI is InChI=1S/C23H25N3O6S/c1-16(2)24-23(29)25-21(27)15-32-22(28)12-9-17-7-10-19(11-8-17)33(30,31)26-14-13-18-5-3-4-6-20(18)26/h3-12,16H,13-15H2,1-2H3,(H2,24,25,27,29)/b12-9+. The molecule has 33 heavy (non-hydrogen) atoms. The van der Waals surface area contributed by atoms with Crippen LogP contribution < -0.4 is 14.9 Å². The molecule has 1 heterocycles. The summed E-state index contributed by atoms with van der Waals surface area (Å²) in [6, 6.07) is 12.7. The Morgan fingerprint density at radius 3 is 2.48 bits per heavy atom. The van der Waals surface area contributed by atoms with Crippen molar-refractivity contribution in [3.63, 3.8) is 0 Å². The fourth-order valence-corrected chi connectivity index (χ4v) is 4.75. The van der Waals surface area contributed by atoms with Crippen LogP contribution in [0.1, 0.15) is 25.0 Å². The topological polar surface area (TPSA) is 122 Å². The summed E-state index contributed by atoms with van der Waals surface area (Å²) in [4.78, 5) is 35.0. The number of anilines is 1. The maximum absolute atomic E-state index is 13.0. The molecule has 0 saturated carbocycles. The molecule has 174 valence electrons. The number of nitrogens with zero attached hydrogens (tertiary/aromatic N) is 1. The molecule has 2 aromatic rings. The predicted molar refractivity (Wildman–Crippen MR) is 123 cm³/mol. The van der Waals surface area contributed by atoms with Crippen molar-refractivity contribution in [2.45, 2.75) is 31.2 Å². The van der Waals surface area contributed by atoms with Crippen molar-refractivity contribution >= 4 is 39.7 Å². The van der Waals surface area contributed by atoms with E-state index >= 15 is 0 Å². The van der Waals surface area contributed by atoms with Gasteiger partial charge in [-0.25, -0.2) is 18.0 Å². The number of esters is 1. The summed E-state index contributed by atoms with van der Waals surface area (Å²) in [5.41, 5.74) is 2.26. The Hall–Kier alpha value is -3.66. The van der Waals surface area contributed by atoms with Crippen LogP contribution in [0.4, 0.5) is 10.5 Å². The molecule has 0 fully saturated rings. The van der Waals surface area contributed by atoms with Crippen LogP contribution in [0, 0.1) is 0 Å². The van der Waals surface area contributed by atoms with E-state index < -0.39 is 34.5 Å². The van der Waals surface area contributed by atoms with Crippen LogP contribution in [0.15, 0.2) is 59.5 Å². The second-order valence-corrected chi connectivity index (χ2v) is 9.50. The Kier molecular flexibility index (Phi) is 7.49. The summed E-state index contributed by atoms with van der Waals surface area (Å²) < 4.78 is 32.2. The normalized spacial score (nSPS) is 13.1. The Labute approximate surface area is 192 Å². The van der Waals surface area contributed by atoms with E-state index in [2.05, 4.69) is 5.32 Å². The monoisotopic (exact) mass is 471 g/mol. The van der Waals surface area contributed by atoms with Crippen molar-refractivity contribution in [2.75, 3.05) is 17.5 Å². The smallest absolute Gasteiger partial charge is 0.331 e. The Morgan fingerprint density at radius 1 is 1.09 bits per heavy atom. The van der Waals surface area contributed by atoms with Gasteiger partial charge in [-0.15, -0.1) is 0 Å². The molecule has 9 nitrogen and oxygen atoms in total. The molecule has 3 rings (SSSR count). The molecule has 0 saturated heterocycles. The number of sulfonamides is 1. The van der Waals surface area contributed by atoms with Gasteiger partial charge in [-0.05, 0) is 55.7 Å². The summed E-state index contributed by atoms with van der Waals surface area (Å²) in [5, 5.41) is 4.51. The van der Waals surface area contributed by atoms with Crippen molar-refractivity contribution in [3.05, 3.63) is 65.7 Å². The minimum atomic E-state index is -3.70.